The average Bonchev–Trinajstić information content (AvgIpc) is 3.48. The lowest BCUT2D eigenvalue weighted by Gasteiger charge is -2.37. The summed E-state index contributed by atoms with van der Waals surface area (Å²) in [5, 5.41) is 9.08. The molecule has 0 radical (unpaired) electrons. The molecule has 1 aliphatic heterocycles. The highest BCUT2D eigenvalue weighted by atomic mass is 16.2. The van der Waals surface area contributed by atoms with Crippen LogP contribution >= 0.6 is 0 Å². The van der Waals surface area contributed by atoms with Crippen molar-refractivity contribution >= 4 is 5.91 Å². The van der Waals surface area contributed by atoms with Gasteiger partial charge in [-0.3, -0.25) is 4.79 Å². The molecule has 1 fully saturated rings. The van der Waals surface area contributed by atoms with Crippen molar-refractivity contribution in [1.82, 2.24) is 19.4 Å². The van der Waals surface area contributed by atoms with Crippen LogP contribution in [0.15, 0.2) is 97.5 Å². The molecule has 6 nitrogen and oxygen atoms in total. The van der Waals surface area contributed by atoms with Gasteiger partial charge >= 0.3 is 0 Å². The Morgan fingerprint density at radius 2 is 1.68 bits per heavy atom. The van der Waals surface area contributed by atoms with Gasteiger partial charge in [0.15, 0.2) is 0 Å². The number of hydrogen-bond donors (Lipinski definition) is 0. The molecule has 1 saturated heterocycles. The molecule has 4 aromatic rings. The van der Waals surface area contributed by atoms with Crippen molar-refractivity contribution in [2.75, 3.05) is 26.7 Å². The minimum absolute atomic E-state index is 0.0247. The Bertz CT molecular complexity index is 1390. The third-order valence-corrected chi connectivity index (χ3v) is 8.24. The van der Waals surface area contributed by atoms with Crippen molar-refractivity contribution < 1.29 is 4.79 Å². The Kier molecular flexibility index (Phi) is 8.73. The summed E-state index contributed by atoms with van der Waals surface area (Å²) in [6.45, 7) is 5.40. The summed E-state index contributed by atoms with van der Waals surface area (Å²) in [5.41, 5.74) is 5.36. The van der Waals surface area contributed by atoms with Crippen LogP contribution in [-0.4, -0.2) is 51.9 Å². The van der Waals surface area contributed by atoms with E-state index in [2.05, 4.69) is 88.1 Å². The van der Waals surface area contributed by atoms with Gasteiger partial charge in [0.1, 0.15) is 0 Å². The maximum atomic E-state index is 13.8. The van der Waals surface area contributed by atoms with Gasteiger partial charge < -0.3 is 14.4 Å². The van der Waals surface area contributed by atoms with Crippen LogP contribution in [-0.2, 0) is 11.3 Å². The molecule has 1 aliphatic rings. The van der Waals surface area contributed by atoms with Crippen molar-refractivity contribution in [3.63, 3.8) is 0 Å². The molecule has 1 aromatic heterocycles. The highest BCUT2D eigenvalue weighted by Gasteiger charge is 2.32. The summed E-state index contributed by atoms with van der Waals surface area (Å²) in [6.07, 6.45) is 5.61. The molecule has 0 bridgehead atoms. The first-order chi connectivity index (χ1) is 19.5. The van der Waals surface area contributed by atoms with Gasteiger partial charge in [0.25, 0.3) is 0 Å². The van der Waals surface area contributed by atoms with E-state index in [0.717, 1.165) is 43.7 Å². The first kappa shape index (κ1) is 27.4. The molecule has 0 saturated carbocycles. The molecule has 1 unspecified atom stereocenters. The highest BCUT2D eigenvalue weighted by molar-refractivity contribution is 5.79. The summed E-state index contributed by atoms with van der Waals surface area (Å²) in [6, 6.07) is 31.1. The van der Waals surface area contributed by atoms with Crippen LogP contribution in [0, 0.1) is 17.2 Å². The van der Waals surface area contributed by atoms with Crippen LogP contribution in [0.5, 0.6) is 0 Å². The number of likely N-dealkylation sites (tertiary alicyclic amines) is 1. The van der Waals surface area contributed by atoms with Crippen LogP contribution in [0.2, 0.25) is 0 Å². The van der Waals surface area contributed by atoms with Gasteiger partial charge in [-0.2, -0.15) is 5.26 Å². The quantitative estimate of drug-likeness (QED) is 0.271. The number of imidazole rings is 1. The standard InChI is InChI=1S/C34H37N5O/c1-26(33-21-36-25-39(33)22-28-17-15-27(20-35)16-18-28)37(2)34(40)31-14-9-19-38(23-31)24-32(29-10-5-3-6-11-29)30-12-7-4-8-13-30/h3-8,10-13,15-18,21,25-26,31-32H,9,14,19,22-24H2,1-2H3/t26-,31?/m0/s1. The molecule has 40 heavy (non-hydrogen) atoms. The molecule has 0 aliphatic carbocycles. The van der Waals surface area contributed by atoms with Gasteiger partial charge in [-0.25, -0.2) is 4.98 Å². The zero-order valence-corrected chi connectivity index (χ0v) is 23.4. The van der Waals surface area contributed by atoms with Crippen LogP contribution < -0.4 is 0 Å². The first-order valence-corrected chi connectivity index (χ1v) is 14.1. The minimum Gasteiger partial charge on any atom is -0.337 e. The molecular formula is C34H37N5O. The smallest absolute Gasteiger partial charge is 0.227 e. The molecule has 2 heterocycles. The summed E-state index contributed by atoms with van der Waals surface area (Å²) in [7, 11) is 1.92. The van der Waals surface area contributed by atoms with Gasteiger partial charge in [-0.1, -0.05) is 72.8 Å². The summed E-state index contributed by atoms with van der Waals surface area (Å²) in [4.78, 5) is 22.6. The summed E-state index contributed by atoms with van der Waals surface area (Å²) >= 11 is 0. The van der Waals surface area contributed by atoms with Crippen LogP contribution in [0.25, 0.3) is 0 Å². The van der Waals surface area contributed by atoms with Gasteiger partial charge in [0.05, 0.1) is 41.8 Å². The second-order valence-electron chi connectivity index (χ2n) is 10.9. The van der Waals surface area contributed by atoms with Crippen molar-refractivity contribution in [3.05, 3.63) is 125 Å². The number of aromatic nitrogens is 2. The maximum Gasteiger partial charge on any atom is 0.227 e. The lowest BCUT2D eigenvalue weighted by atomic mass is 9.89. The predicted molar refractivity (Wildman–Crippen MR) is 158 cm³/mol. The molecule has 2 atom stereocenters. The number of benzene rings is 3. The monoisotopic (exact) mass is 531 g/mol. The second-order valence-corrected chi connectivity index (χ2v) is 10.9. The molecule has 204 valence electrons. The van der Waals surface area contributed by atoms with Crippen molar-refractivity contribution in [2.24, 2.45) is 5.92 Å². The number of piperidine rings is 1. The molecule has 3 aromatic carbocycles. The van der Waals surface area contributed by atoms with E-state index in [4.69, 9.17) is 5.26 Å². The van der Waals surface area contributed by atoms with Gasteiger partial charge in [-0.15, -0.1) is 0 Å². The summed E-state index contributed by atoms with van der Waals surface area (Å²) in [5.74, 6) is 0.437. The Hall–Kier alpha value is -4.21. The topological polar surface area (TPSA) is 65.2 Å². The lowest BCUT2D eigenvalue weighted by Crippen LogP contribution is -2.45. The van der Waals surface area contributed by atoms with Crippen molar-refractivity contribution in [3.8, 4) is 6.07 Å². The largest absolute Gasteiger partial charge is 0.337 e. The third-order valence-electron chi connectivity index (χ3n) is 8.24. The number of rotatable bonds is 9. The number of nitrogens with zero attached hydrogens (tertiary/aromatic N) is 5. The van der Waals surface area contributed by atoms with Crippen LogP contribution in [0.1, 0.15) is 59.7 Å². The fraction of sp³-hybridized carbons (Fsp3) is 0.324. The summed E-state index contributed by atoms with van der Waals surface area (Å²) < 4.78 is 2.09. The van der Waals surface area contributed by atoms with E-state index in [-0.39, 0.29) is 23.8 Å². The average molecular weight is 532 g/mol. The zero-order chi connectivity index (χ0) is 27.9. The predicted octanol–water partition coefficient (Wildman–Crippen LogP) is 5.87. The molecular weight excluding hydrogens is 494 g/mol. The molecule has 1 amide bonds. The number of hydrogen-bond acceptors (Lipinski definition) is 4. The van der Waals surface area contributed by atoms with E-state index < -0.39 is 0 Å². The maximum absolute atomic E-state index is 13.8. The van der Waals surface area contributed by atoms with E-state index >= 15 is 0 Å². The zero-order valence-electron chi connectivity index (χ0n) is 23.4. The second kappa shape index (κ2) is 12.8. The number of amides is 1. The van der Waals surface area contributed by atoms with E-state index in [1.54, 1.807) is 0 Å². The number of carbonyl (C=O) groups is 1. The Morgan fingerprint density at radius 3 is 2.30 bits per heavy atom. The molecule has 6 heteroatoms. The molecule has 5 rings (SSSR count). The molecule has 0 spiro atoms. The Labute approximate surface area is 237 Å². The van der Waals surface area contributed by atoms with Gasteiger partial charge in [-0.05, 0) is 55.1 Å². The fourth-order valence-corrected chi connectivity index (χ4v) is 5.82. The normalized spacial score (nSPS) is 16.4. The van der Waals surface area contributed by atoms with Gasteiger partial charge in [0.2, 0.25) is 5.91 Å². The fourth-order valence-electron chi connectivity index (χ4n) is 5.82. The highest BCUT2D eigenvalue weighted by Crippen LogP contribution is 2.29. The molecule has 0 N–H and O–H groups in total. The number of nitriles is 1. The van der Waals surface area contributed by atoms with E-state index in [1.807, 2.05) is 48.7 Å². The third kappa shape index (κ3) is 6.32. The van der Waals surface area contributed by atoms with E-state index in [1.165, 1.54) is 11.1 Å². The van der Waals surface area contributed by atoms with Crippen LogP contribution in [0.4, 0.5) is 0 Å². The van der Waals surface area contributed by atoms with Crippen molar-refractivity contribution in [1.29, 1.82) is 5.26 Å². The van der Waals surface area contributed by atoms with Crippen LogP contribution in [0.3, 0.4) is 0 Å². The first-order valence-electron chi connectivity index (χ1n) is 14.1. The Balaban J connectivity index is 1.26. The van der Waals surface area contributed by atoms with E-state index in [0.29, 0.717) is 12.1 Å². The minimum atomic E-state index is -0.106. The van der Waals surface area contributed by atoms with E-state index in [9.17, 15) is 4.79 Å². The number of carbonyl (C=O) groups excluding carboxylic acids is 1. The SMILES string of the molecule is C[C@@H](c1cncn1Cc1ccc(C#N)cc1)N(C)C(=O)C1CCCN(CC(c2ccccc2)c2ccccc2)C1. The Morgan fingerprint density at radius 1 is 1.02 bits per heavy atom. The van der Waals surface area contributed by atoms with Crippen molar-refractivity contribution in [2.45, 2.75) is 38.3 Å². The lowest BCUT2D eigenvalue weighted by molar-refractivity contribution is -0.138. The van der Waals surface area contributed by atoms with Gasteiger partial charge in [0, 0.05) is 32.6 Å².